The molecule has 210 valence electrons. The maximum Gasteiger partial charge on any atom is 0.225 e. The fourth-order valence-corrected chi connectivity index (χ4v) is 6.45. The number of aromatic nitrogens is 3. The Morgan fingerprint density at radius 2 is 1.90 bits per heavy atom. The number of carbonyl (C=O) groups excluding carboxylic acids is 1. The van der Waals surface area contributed by atoms with Crippen molar-refractivity contribution in [2.75, 3.05) is 32.1 Å². The van der Waals surface area contributed by atoms with Crippen molar-refractivity contribution >= 4 is 44.9 Å². The normalized spacial score (nSPS) is 16.7. The first-order valence-corrected chi connectivity index (χ1v) is 14.7. The highest BCUT2D eigenvalue weighted by atomic mass is 35.5. The summed E-state index contributed by atoms with van der Waals surface area (Å²) in [6.45, 7) is 11.3. The molecule has 2 aromatic heterocycles. The van der Waals surface area contributed by atoms with E-state index in [4.69, 9.17) is 26.3 Å². The number of halogens is 1. The Morgan fingerprint density at radius 3 is 2.52 bits per heavy atom. The molecular weight excluding hydrogens is 542 g/mol. The van der Waals surface area contributed by atoms with Crippen LogP contribution in [0.15, 0.2) is 42.6 Å². The van der Waals surface area contributed by atoms with E-state index >= 15 is 0 Å². The molecular formula is C31H36ClN5O2S. The van der Waals surface area contributed by atoms with Crippen molar-refractivity contribution in [3.8, 4) is 21.8 Å². The van der Waals surface area contributed by atoms with Gasteiger partial charge in [0.05, 0.1) is 15.8 Å². The Kier molecular flexibility index (Phi) is 7.99. The van der Waals surface area contributed by atoms with E-state index in [9.17, 15) is 4.79 Å². The quantitative estimate of drug-likeness (QED) is 0.235. The molecule has 5 rings (SSSR count). The van der Waals surface area contributed by atoms with Gasteiger partial charge in [-0.2, -0.15) is 0 Å². The third kappa shape index (κ3) is 5.91. The highest BCUT2D eigenvalue weighted by molar-refractivity contribution is 7.22. The number of hydrogen-bond acceptors (Lipinski definition) is 8. The van der Waals surface area contributed by atoms with Gasteiger partial charge in [0, 0.05) is 41.5 Å². The smallest absolute Gasteiger partial charge is 0.225 e. The number of aryl methyl sites for hydroxylation is 1. The maximum atomic E-state index is 13.0. The molecule has 0 unspecified atom stereocenters. The number of Topliss-reactive ketones (excluding diaryl/α,β-unsaturated/α-hetero) is 1. The van der Waals surface area contributed by atoms with Gasteiger partial charge in [0.15, 0.2) is 5.78 Å². The van der Waals surface area contributed by atoms with Crippen LogP contribution in [0.3, 0.4) is 0 Å². The molecule has 4 aromatic rings. The van der Waals surface area contributed by atoms with Crippen molar-refractivity contribution in [3.05, 3.63) is 58.7 Å². The van der Waals surface area contributed by atoms with Crippen LogP contribution in [0.1, 0.15) is 51.3 Å². The molecule has 0 radical (unpaired) electrons. The molecule has 40 heavy (non-hydrogen) atoms. The molecule has 0 spiro atoms. The number of carbonyl (C=O) groups is 1. The number of fused-ring (bicyclic) bond motifs is 1. The summed E-state index contributed by atoms with van der Waals surface area (Å²) in [6.07, 6.45) is 2.18. The number of ketones is 1. The Morgan fingerprint density at radius 1 is 1.18 bits per heavy atom. The van der Waals surface area contributed by atoms with E-state index in [-0.39, 0.29) is 5.78 Å². The molecule has 0 N–H and O–H groups in total. The largest absolute Gasteiger partial charge is 0.360 e. The van der Waals surface area contributed by atoms with Gasteiger partial charge >= 0.3 is 0 Å². The monoisotopic (exact) mass is 577 g/mol. The second-order valence-electron chi connectivity index (χ2n) is 11.7. The minimum Gasteiger partial charge on any atom is -0.360 e. The Labute approximate surface area is 245 Å². The van der Waals surface area contributed by atoms with E-state index in [2.05, 4.69) is 34.9 Å². The van der Waals surface area contributed by atoms with Gasteiger partial charge in [-0.1, -0.05) is 23.7 Å². The minimum absolute atomic E-state index is 0.0422. The number of anilines is 1. The van der Waals surface area contributed by atoms with E-state index in [1.165, 1.54) is 0 Å². The van der Waals surface area contributed by atoms with Crippen LogP contribution in [-0.4, -0.2) is 64.5 Å². The van der Waals surface area contributed by atoms with Gasteiger partial charge < -0.3 is 14.5 Å². The van der Waals surface area contributed by atoms with E-state index in [1.54, 1.807) is 18.3 Å². The molecule has 1 aliphatic heterocycles. The van der Waals surface area contributed by atoms with Crippen LogP contribution in [0, 0.1) is 6.92 Å². The Bertz CT molecular complexity index is 1540. The molecule has 7 nitrogen and oxygen atoms in total. The summed E-state index contributed by atoms with van der Waals surface area (Å²) in [6, 6.07) is 12.2. The van der Waals surface area contributed by atoms with Gasteiger partial charge in [0.25, 0.3) is 0 Å². The number of benzene rings is 2. The summed E-state index contributed by atoms with van der Waals surface area (Å²) < 4.78 is 7.35. The molecule has 0 saturated carbocycles. The predicted molar refractivity (Wildman–Crippen MR) is 164 cm³/mol. The molecule has 9 heteroatoms. The fraction of sp³-hybridized carbons (Fsp3) is 0.419. The second-order valence-corrected chi connectivity index (χ2v) is 13.1. The van der Waals surface area contributed by atoms with Gasteiger partial charge in [-0.25, -0.2) is 15.0 Å². The lowest BCUT2D eigenvalue weighted by atomic mass is 9.90. The maximum absolute atomic E-state index is 13.0. The number of likely N-dealkylation sites (N-methyl/N-ethyl adjacent to an activating group) is 1. The lowest BCUT2D eigenvalue weighted by molar-refractivity contribution is -0.138. The van der Waals surface area contributed by atoms with E-state index < -0.39 is 11.7 Å². The first-order valence-electron chi connectivity index (χ1n) is 13.5. The second kappa shape index (κ2) is 11.2. The zero-order valence-corrected chi connectivity index (χ0v) is 25.7. The van der Waals surface area contributed by atoms with Crippen molar-refractivity contribution in [3.63, 3.8) is 0 Å². The van der Waals surface area contributed by atoms with Gasteiger partial charge in [0.1, 0.15) is 16.8 Å². The molecule has 2 atom stereocenters. The summed E-state index contributed by atoms with van der Waals surface area (Å²) in [5.41, 5.74) is 4.86. The fourth-order valence-electron chi connectivity index (χ4n) is 5.23. The molecule has 2 aromatic carbocycles. The van der Waals surface area contributed by atoms with Crippen LogP contribution in [-0.2, 0) is 9.53 Å². The summed E-state index contributed by atoms with van der Waals surface area (Å²) in [7, 11) is 4.23. The number of nitrogens with zero attached hydrogens (tertiary/aromatic N) is 5. The first kappa shape index (κ1) is 28.6. The van der Waals surface area contributed by atoms with Crippen molar-refractivity contribution < 1.29 is 9.53 Å². The van der Waals surface area contributed by atoms with Crippen molar-refractivity contribution in [2.45, 2.75) is 58.8 Å². The predicted octanol–water partition coefficient (Wildman–Crippen LogP) is 6.97. The zero-order chi connectivity index (χ0) is 28.8. The highest BCUT2D eigenvalue weighted by Gasteiger charge is 2.31. The summed E-state index contributed by atoms with van der Waals surface area (Å²) in [5.74, 6) is 0.686. The van der Waals surface area contributed by atoms with Crippen LogP contribution in [0.2, 0.25) is 5.02 Å². The van der Waals surface area contributed by atoms with Crippen LogP contribution in [0.25, 0.3) is 32.0 Å². The molecule has 0 aliphatic carbocycles. The van der Waals surface area contributed by atoms with E-state index in [1.807, 2.05) is 64.2 Å². The first-order chi connectivity index (χ1) is 18.9. The summed E-state index contributed by atoms with van der Waals surface area (Å²) in [5, 5.41) is 1.46. The van der Waals surface area contributed by atoms with E-state index in [0.717, 1.165) is 68.6 Å². The lowest BCUT2D eigenvalue weighted by Crippen LogP contribution is -2.32. The topological polar surface area (TPSA) is 71.5 Å². The van der Waals surface area contributed by atoms with Crippen molar-refractivity contribution in [2.24, 2.45) is 0 Å². The average molecular weight is 578 g/mol. The van der Waals surface area contributed by atoms with Gasteiger partial charge in [-0.05, 0) is 90.5 Å². The van der Waals surface area contributed by atoms with Crippen LogP contribution in [0.5, 0.6) is 0 Å². The van der Waals surface area contributed by atoms with Crippen LogP contribution >= 0.6 is 22.9 Å². The lowest BCUT2D eigenvalue weighted by Gasteiger charge is -2.29. The summed E-state index contributed by atoms with van der Waals surface area (Å²) >= 11 is 7.83. The van der Waals surface area contributed by atoms with Crippen LogP contribution in [0.4, 0.5) is 5.95 Å². The number of ether oxygens (including phenoxy) is 1. The third-order valence-electron chi connectivity index (χ3n) is 7.20. The number of thiazole rings is 1. The molecule has 1 saturated heterocycles. The molecule has 3 heterocycles. The molecule has 0 bridgehead atoms. The molecule has 0 amide bonds. The Hall–Kier alpha value is -2.91. The minimum atomic E-state index is -0.717. The van der Waals surface area contributed by atoms with Crippen LogP contribution < -0.4 is 4.90 Å². The van der Waals surface area contributed by atoms with Crippen molar-refractivity contribution in [1.82, 2.24) is 19.9 Å². The molecule has 1 fully saturated rings. The van der Waals surface area contributed by atoms with Gasteiger partial charge in [0.2, 0.25) is 5.95 Å². The number of rotatable bonds is 7. The van der Waals surface area contributed by atoms with E-state index in [0.29, 0.717) is 11.1 Å². The summed E-state index contributed by atoms with van der Waals surface area (Å²) in [4.78, 5) is 32.1. The standard InChI is InChI=1S/C31H36ClN5O2S/c1-18-16-24-28(26(20-8-10-21(32)11-9-20)25(18)27(19(2)38)39-31(3,4)5)40-29(34-24)23-12-14-33-30(35-23)37-15-13-22(17-37)36(6)7/h8-12,14,16,22,27H,13,15,17H2,1-7H3/t22-,27-/m1/s1. The Balaban J connectivity index is 1.66. The van der Waals surface area contributed by atoms with Gasteiger partial charge in [-0.15, -0.1) is 11.3 Å². The average Bonchev–Trinajstić information content (AvgIpc) is 3.55. The van der Waals surface area contributed by atoms with Gasteiger partial charge in [-0.3, -0.25) is 4.79 Å². The number of hydrogen-bond donors (Lipinski definition) is 0. The molecule has 1 aliphatic rings. The zero-order valence-electron chi connectivity index (χ0n) is 24.2. The SMILES string of the molecule is CC(=O)[C@@H](OC(C)(C)C)c1c(C)cc2nc(-c3ccnc(N4CC[C@@H](N(C)C)C4)n3)sc2c1-c1ccc(Cl)cc1. The third-order valence-corrected chi connectivity index (χ3v) is 8.57. The van der Waals surface area contributed by atoms with Crippen molar-refractivity contribution in [1.29, 1.82) is 0 Å². The highest BCUT2D eigenvalue weighted by Crippen LogP contribution is 2.44.